The second-order valence-electron chi connectivity index (χ2n) is 3.83. The molecule has 1 aromatic heterocycles. The van der Waals surface area contributed by atoms with Crippen molar-refractivity contribution in [3.8, 4) is 5.75 Å². The van der Waals surface area contributed by atoms with Crippen LogP contribution in [0.5, 0.6) is 5.75 Å². The van der Waals surface area contributed by atoms with Gasteiger partial charge in [-0.05, 0) is 11.8 Å². The average molecular weight is 290 g/mol. The van der Waals surface area contributed by atoms with Crippen LogP contribution < -0.4 is 4.74 Å². The van der Waals surface area contributed by atoms with Crippen molar-refractivity contribution in [2.75, 3.05) is 13.4 Å². The summed E-state index contributed by atoms with van der Waals surface area (Å²) in [7, 11) is 1.31. The van der Waals surface area contributed by atoms with Crippen molar-refractivity contribution >= 4 is 17.7 Å². The van der Waals surface area contributed by atoms with Gasteiger partial charge in [0.2, 0.25) is 0 Å². The lowest BCUT2D eigenvalue weighted by Gasteiger charge is -2.12. The van der Waals surface area contributed by atoms with Gasteiger partial charge in [0.15, 0.2) is 11.4 Å². The van der Waals surface area contributed by atoms with Crippen LogP contribution in [0.2, 0.25) is 0 Å². The van der Waals surface area contributed by atoms with Gasteiger partial charge in [-0.3, -0.25) is 0 Å². The summed E-state index contributed by atoms with van der Waals surface area (Å²) >= 11 is 1.39. The van der Waals surface area contributed by atoms with E-state index in [0.717, 1.165) is 5.56 Å². The third kappa shape index (κ3) is 3.27. The summed E-state index contributed by atoms with van der Waals surface area (Å²) in [5.41, 5.74) is 1.14. The number of hydrogen-bond acceptors (Lipinski definition) is 6. The summed E-state index contributed by atoms with van der Waals surface area (Å²) in [6.07, 6.45) is 3.19. The van der Waals surface area contributed by atoms with E-state index in [2.05, 4.69) is 9.97 Å². The van der Waals surface area contributed by atoms with Crippen molar-refractivity contribution in [3.63, 3.8) is 0 Å². The van der Waals surface area contributed by atoms with Gasteiger partial charge < -0.3 is 9.47 Å². The number of carbonyl (C=O) groups excluding carboxylic acids is 1. The van der Waals surface area contributed by atoms with Crippen LogP contribution >= 0.6 is 11.8 Å². The second kappa shape index (κ2) is 6.91. The topological polar surface area (TPSA) is 61.3 Å². The molecule has 1 aromatic carbocycles. The monoisotopic (exact) mass is 290 g/mol. The minimum Gasteiger partial charge on any atom is -0.484 e. The fraction of sp³-hybridized carbons (Fsp3) is 0.214. The molecule has 104 valence electrons. The van der Waals surface area contributed by atoms with E-state index in [0.29, 0.717) is 17.4 Å². The first-order valence-corrected chi connectivity index (χ1v) is 7.12. The van der Waals surface area contributed by atoms with Crippen LogP contribution in [-0.2, 0) is 11.3 Å². The number of rotatable bonds is 5. The first-order chi connectivity index (χ1) is 9.76. The van der Waals surface area contributed by atoms with E-state index in [1.807, 2.05) is 36.6 Å². The minimum atomic E-state index is -0.536. The molecule has 0 amide bonds. The minimum absolute atomic E-state index is 0.141. The molecule has 0 N–H and O–H groups in total. The SMILES string of the molecule is COC(=O)c1ncnc(SC)c1OCc1ccccc1. The molecule has 0 spiro atoms. The Morgan fingerprint density at radius 3 is 2.65 bits per heavy atom. The van der Waals surface area contributed by atoms with Crippen molar-refractivity contribution in [3.05, 3.63) is 47.9 Å². The number of aromatic nitrogens is 2. The van der Waals surface area contributed by atoms with Crippen LogP contribution in [0.25, 0.3) is 0 Å². The molecule has 0 unspecified atom stereocenters. The molecule has 0 atom stereocenters. The van der Waals surface area contributed by atoms with Gasteiger partial charge in [0.05, 0.1) is 7.11 Å². The summed E-state index contributed by atoms with van der Waals surface area (Å²) in [6, 6.07) is 9.68. The number of carbonyl (C=O) groups is 1. The molecule has 0 saturated carbocycles. The first-order valence-electron chi connectivity index (χ1n) is 5.90. The zero-order valence-corrected chi connectivity index (χ0v) is 12.0. The molecular weight excluding hydrogens is 276 g/mol. The molecule has 6 heteroatoms. The van der Waals surface area contributed by atoms with E-state index in [1.54, 1.807) is 0 Å². The standard InChI is InChI=1S/C14H14N2O3S/c1-18-14(17)11-12(13(20-2)16-9-15-11)19-8-10-6-4-3-5-7-10/h3-7,9H,8H2,1-2H3. The van der Waals surface area contributed by atoms with Crippen molar-refractivity contribution in [2.24, 2.45) is 0 Å². The molecule has 0 aliphatic carbocycles. The van der Waals surface area contributed by atoms with Crippen molar-refractivity contribution in [2.45, 2.75) is 11.6 Å². The number of thioether (sulfide) groups is 1. The number of esters is 1. The van der Waals surface area contributed by atoms with Gasteiger partial charge in [-0.2, -0.15) is 0 Å². The summed E-state index contributed by atoms with van der Waals surface area (Å²) < 4.78 is 10.4. The highest BCUT2D eigenvalue weighted by atomic mass is 32.2. The molecule has 0 radical (unpaired) electrons. The lowest BCUT2D eigenvalue weighted by atomic mass is 10.2. The van der Waals surface area contributed by atoms with Crippen molar-refractivity contribution < 1.29 is 14.3 Å². The predicted molar refractivity (Wildman–Crippen MR) is 75.9 cm³/mol. The highest BCUT2D eigenvalue weighted by Crippen LogP contribution is 2.28. The fourth-order valence-corrected chi connectivity index (χ4v) is 2.10. The fourth-order valence-electron chi connectivity index (χ4n) is 1.60. The molecule has 5 nitrogen and oxygen atoms in total. The zero-order chi connectivity index (χ0) is 14.4. The van der Waals surface area contributed by atoms with Crippen LogP contribution in [0.1, 0.15) is 16.1 Å². The maximum Gasteiger partial charge on any atom is 0.360 e. The van der Waals surface area contributed by atoms with E-state index in [-0.39, 0.29) is 5.69 Å². The molecule has 2 rings (SSSR count). The van der Waals surface area contributed by atoms with Gasteiger partial charge in [-0.15, -0.1) is 11.8 Å². The Kier molecular flexibility index (Phi) is 4.95. The Hall–Kier alpha value is -2.08. The van der Waals surface area contributed by atoms with Gasteiger partial charge >= 0.3 is 5.97 Å². The quantitative estimate of drug-likeness (QED) is 0.479. The molecule has 0 saturated heterocycles. The van der Waals surface area contributed by atoms with E-state index in [1.165, 1.54) is 25.2 Å². The van der Waals surface area contributed by atoms with Crippen LogP contribution in [0.4, 0.5) is 0 Å². The van der Waals surface area contributed by atoms with Gasteiger partial charge in [0.1, 0.15) is 18.0 Å². The molecule has 0 fully saturated rings. The Balaban J connectivity index is 2.26. The van der Waals surface area contributed by atoms with E-state index < -0.39 is 5.97 Å². The van der Waals surface area contributed by atoms with E-state index >= 15 is 0 Å². The van der Waals surface area contributed by atoms with Crippen LogP contribution in [0.3, 0.4) is 0 Å². The maximum atomic E-state index is 11.7. The number of hydrogen-bond donors (Lipinski definition) is 0. The van der Waals surface area contributed by atoms with Crippen molar-refractivity contribution in [1.82, 2.24) is 9.97 Å². The van der Waals surface area contributed by atoms with Gasteiger partial charge in [-0.25, -0.2) is 14.8 Å². The molecule has 2 aromatic rings. The molecule has 0 aliphatic heterocycles. The van der Waals surface area contributed by atoms with Gasteiger partial charge in [-0.1, -0.05) is 30.3 Å². The molecule has 0 bridgehead atoms. The Morgan fingerprint density at radius 2 is 2.00 bits per heavy atom. The summed E-state index contributed by atoms with van der Waals surface area (Å²) in [5.74, 6) is -0.179. The summed E-state index contributed by atoms with van der Waals surface area (Å²) in [6.45, 7) is 0.339. The van der Waals surface area contributed by atoms with E-state index in [9.17, 15) is 4.79 Å². The summed E-state index contributed by atoms with van der Waals surface area (Å²) in [5, 5.41) is 0.608. The number of benzene rings is 1. The number of ether oxygens (including phenoxy) is 2. The Bertz CT molecular complexity index is 590. The predicted octanol–water partition coefficient (Wildman–Crippen LogP) is 2.56. The Morgan fingerprint density at radius 1 is 1.25 bits per heavy atom. The van der Waals surface area contributed by atoms with Crippen LogP contribution in [-0.4, -0.2) is 29.3 Å². The highest BCUT2D eigenvalue weighted by molar-refractivity contribution is 7.98. The average Bonchev–Trinajstić information content (AvgIpc) is 2.52. The zero-order valence-electron chi connectivity index (χ0n) is 11.2. The third-order valence-electron chi connectivity index (χ3n) is 2.57. The van der Waals surface area contributed by atoms with Crippen LogP contribution in [0, 0.1) is 0 Å². The Labute approximate surface area is 121 Å². The molecular formula is C14H14N2O3S. The number of methoxy groups -OCH3 is 1. The smallest absolute Gasteiger partial charge is 0.360 e. The largest absolute Gasteiger partial charge is 0.484 e. The van der Waals surface area contributed by atoms with E-state index in [4.69, 9.17) is 9.47 Å². The highest BCUT2D eigenvalue weighted by Gasteiger charge is 2.19. The van der Waals surface area contributed by atoms with Gasteiger partial charge in [0, 0.05) is 0 Å². The molecule has 1 heterocycles. The lowest BCUT2D eigenvalue weighted by molar-refractivity contribution is 0.0587. The number of nitrogens with zero attached hydrogens (tertiary/aromatic N) is 2. The second-order valence-corrected chi connectivity index (χ2v) is 4.62. The van der Waals surface area contributed by atoms with Crippen molar-refractivity contribution in [1.29, 1.82) is 0 Å². The third-order valence-corrected chi connectivity index (χ3v) is 3.25. The lowest BCUT2D eigenvalue weighted by Crippen LogP contribution is -2.10. The molecule has 20 heavy (non-hydrogen) atoms. The summed E-state index contributed by atoms with van der Waals surface area (Å²) in [4.78, 5) is 19.8. The first kappa shape index (κ1) is 14.3. The normalized spacial score (nSPS) is 10.1. The van der Waals surface area contributed by atoms with Gasteiger partial charge in [0.25, 0.3) is 0 Å². The maximum absolute atomic E-state index is 11.7. The molecule has 0 aliphatic rings. The van der Waals surface area contributed by atoms with Crippen LogP contribution in [0.15, 0.2) is 41.7 Å².